The number of carbonyl (C=O) groups is 3. The van der Waals surface area contributed by atoms with E-state index < -0.39 is 17.9 Å². The van der Waals surface area contributed by atoms with Crippen molar-refractivity contribution in [1.29, 1.82) is 0 Å². The molecule has 0 radical (unpaired) electrons. The van der Waals surface area contributed by atoms with E-state index in [0.717, 1.165) is 0 Å². The first-order valence-electron chi connectivity index (χ1n) is 3.51. The fourth-order valence-corrected chi connectivity index (χ4v) is 0. The average Bonchev–Trinajstić information content (AvgIpc) is 2.19. The van der Waals surface area contributed by atoms with Crippen LogP contribution in [-0.2, 0) is 14.4 Å². The zero-order valence-corrected chi connectivity index (χ0v) is 14.4. The van der Waals surface area contributed by atoms with E-state index >= 15 is 0 Å². The van der Waals surface area contributed by atoms with Gasteiger partial charge in [-0.3, -0.25) is 0 Å². The molecule has 0 rings (SSSR count). The van der Waals surface area contributed by atoms with Crippen LogP contribution in [0.15, 0.2) is 0 Å². The second-order valence-corrected chi connectivity index (χ2v) is 1.73. The van der Waals surface area contributed by atoms with Gasteiger partial charge in [-0.05, 0) is 0 Å². The minimum absolute atomic E-state index is 0. The summed E-state index contributed by atoms with van der Waals surface area (Å²) >= 11 is 0. The van der Waals surface area contributed by atoms with Gasteiger partial charge in [0.2, 0.25) is 0 Å². The van der Waals surface area contributed by atoms with Crippen molar-refractivity contribution >= 4 is 84.9 Å². The van der Waals surface area contributed by atoms with Crippen LogP contribution in [0.3, 0.4) is 0 Å². The van der Waals surface area contributed by atoms with E-state index in [0.29, 0.717) is 0 Å². The third-order valence-electron chi connectivity index (χ3n) is 0.500. The Labute approximate surface area is 151 Å². The topological polar surface area (TPSA) is 198 Å². The summed E-state index contributed by atoms with van der Waals surface area (Å²) in [4.78, 5) is 27.4. The molecule has 0 spiro atoms. The SMILES string of the molecule is Cl.Cl.Cl.Cl.NCC(=O)[O-].NCC(=O)[O-].NCC(=O)[O-].[Al+3]. The molecule has 122 valence electrons. The molecule has 0 bridgehead atoms. The second-order valence-electron chi connectivity index (χ2n) is 1.73. The van der Waals surface area contributed by atoms with Crippen LogP contribution in [-0.4, -0.2) is 54.9 Å². The van der Waals surface area contributed by atoms with Crippen molar-refractivity contribution in [2.45, 2.75) is 0 Å². The Morgan fingerprint density at radius 1 is 0.600 bits per heavy atom. The number of carboxylic acids is 3. The van der Waals surface area contributed by atoms with E-state index in [-0.39, 0.29) is 86.6 Å². The van der Waals surface area contributed by atoms with Crippen molar-refractivity contribution in [3.8, 4) is 0 Å². The first-order chi connectivity index (χ1) is 6.81. The first kappa shape index (κ1) is 50.1. The minimum Gasteiger partial charge on any atom is -0.549 e. The Bertz CT molecular complexity index is 182. The van der Waals surface area contributed by atoms with Crippen LogP contribution in [0.4, 0.5) is 0 Å². The minimum atomic E-state index is -1.22. The Kier molecular flexibility index (Phi) is 107. The molecule has 0 heterocycles. The van der Waals surface area contributed by atoms with Gasteiger partial charge in [0.05, 0.1) is 17.9 Å². The van der Waals surface area contributed by atoms with E-state index in [2.05, 4.69) is 17.2 Å². The first-order valence-corrected chi connectivity index (χ1v) is 3.51. The van der Waals surface area contributed by atoms with E-state index in [1.807, 2.05) is 0 Å². The molecule has 0 aliphatic carbocycles. The Balaban J connectivity index is -0.0000000160. The summed E-state index contributed by atoms with van der Waals surface area (Å²) in [5, 5.41) is 27.4. The predicted octanol–water partition coefficient (Wildman–Crippen LogP) is -5.61. The summed E-state index contributed by atoms with van der Waals surface area (Å²) in [7, 11) is 0. The van der Waals surface area contributed by atoms with Crippen LogP contribution in [0, 0.1) is 0 Å². The van der Waals surface area contributed by atoms with E-state index in [1.165, 1.54) is 0 Å². The van der Waals surface area contributed by atoms with Gasteiger partial charge in [-0.25, -0.2) is 0 Å². The van der Waals surface area contributed by atoms with Gasteiger partial charge in [0.25, 0.3) is 0 Å². The monoisotopic (exact) mass is 393 g/mol. The van der Waals surface area contributed by atoms with Crippen molar-refractivity contribution in [3.05, 3.63) is 0 Å². The van der Waals surface area contributed by atoms with E-state index in [9.17, 15) is 0 Å². The number of nitrogens with two attached hydrogens (primary N) is 3. The summed E-state index contributed by atoms with van der Waals surface area (Å²) in [6.07, 6.45) is 0. The molecule has 20 heavy (non-hydrogen) atoms. The van der Waals surface area contributed by atoms with Crippen molar-refractivity contribution in [2.75, 3.05) is 19.6 Å². The van der Waals surface area contributed by atoms with Gasteiger partial charge in [-0.2, -0.15) is 0 Å². The van der Waals surface area contributed by atoms with Crippen molar-refractivity contribution in [3.63, 3.8) is 0 Å². The molecule has 0 aromatic rings. The number of halogens is 4. The predicted molar refractivity (Wildman–Crippen MR) is 76.9 cm³/mol. The number of hydrogen-bond donors (Lipinski definition) is 3. The summed E-state index contributed by atoms with van der Waals surface area (Å²) in [6, 6.07) is 0. The molecule has 0 aromatic carbocycles. The van der Waals surface area contributed by atoms with Crippen LogP contribution in [0.1, 0.15) is 0 Å². The van der Waals surface area contributed by atoms with Crippen LogP contribution in [0.25, 0.3) is 0 Å². The average molecular weight is 395 g/mol. The molecule has 0 fully saturated rings. The largest absolute Gasteiger partial charge is 3.00 e. The Hall–Kier alpha value is -0.0175. The normalized spacial score (nSPS) is 5.55. The molecule has 0 saturated carbocycles. The van der Waals surface area contributed by atoms with Gasteiger partial charge >= 0.3 is 17.4 Å². The number of carboxylic acid groups (broad SMARTS) is 3. The molecule has 6 N–H and O–H groups in total. The van der Waals surface area contributed by atoms with Gasteiger partial charge in [0.15, 0.2) is 0 Å². The number of rotatable bonds is 3. The standard InChI is InChI=1S/3C2H5NO2.Al.4ClH/c3*3-1-2(4)5;;;;;/h3*1,3H2,(H,4,5);;4*1H/q;;;+3;;;;/p-3. The van der Waals surface area contributed by atoms with Crippen LogP contribution in [0.5, 0.6) is 0 Å². The van der Waals surface area contributed by atoms with E-state index in [4.69, 9.17) is 29.7 Å². The quantitative estimate of drug-likeness (QED) is 0.390. The second kappa shape index (κ2) is 42.8. The molecule has 14 heteroatoms. The van der Waals surface area contributed by atoms with Crippen LogP contribution < -0.4 is 32.5 Å². The van der Waals surface area contributed by atoms with E-state index in [1.54, 1.807) is 0 Å². The molecule has 0 amide bonds. The van der Waals surface area contributed by atoms with Crippen LogP contribution in [0.2, 0.25) is 0 Å². The van der Waals surface area contributed by atoms with Gasteiger partial charge in [-0.1, -0.05) is 0 Å². The van der Waals surface area contributed by atoms with Gasteiger partial charge in [-0.15, -0.1) is 49.6 Å². The number of aliphatic carboxylic acids is 3. The summed E-state index contributed by atoms with van der Waals surface area (Å²) in [5.41, 5.74) is 13.5. The fourth-order valence-electron chi connectivity index (χ4n) is 0. The van der Waals surface area contributed by atoms with Gasteiger partial charge in [0.1, 0.15) is 0 Å². The summed E-state index contributed by atoms with van der Waals surface area (Å²) in [5.74, 6) is -3.65. The van der Waals surface area contributed by atoms with Crippen molar-refractivity contribution < 1.29 is 29.7 Å². The molecule has 0 aliphatic rings. The molecule has 0 aromatic heterocycles. The Morgan fingerprint density at radius 3 is 0.650 bits per heavy atom. The third-order valence-corrected chi connectivity index (χ3v) is 0.500. The van der Waals surface area contributed by atoms with Gasteiger partial charge < -0.3 is 46.9 Å². The maximum absolute atomic E-state index is 9.13. The Morgan fingerprint density at radius 2 is 0.650 bits per heavy atom. The maximum atomic E-state index is 9.13. The van der Waals surface area contributed by atoms with Crippen LogP contribution >= 0.6 is 49.6 Å². The molecule has 0 atom stereocenters. The molecule has 0 saturated heterocycles. The number of hydrogen-bond acceptors (Lipinski definition) is 9. The molecular formula is C6H16AlCl4N3O6. The van der Waals surface area contributed by atoms with Crippen molar-refractivity contribution in [2.24, 2.45) is 17.2 Å². The molecule has 0 unspecified atom stereocenters. The zero-order chi connectivity index (χ0) is 12.9. The molecular weight excluding hydrogens is 379 g/mol. The third kappa shape index (κ3) is 145. The van der Waals surface area contributed by atoms with Crippen molar-refractivity contribution in [1.82, 2.24) is 0 Å². The zero-order valence-electron chi connectivity index (χ0n) is 10.0. The van der Waals surface area contributed by atoms with Gasteiger partial charge in [0, 0.05) is 19.6 Å². The summed E-state index contributed by atoms with van der Waals surface area (Å²) in [6.45, 7) is -1.17. The fraction of sp³-hybridized carbons (Fsp3) is 0.500. The molecule has 0 aliphatic heterocycles. The molecule has 9 nitrogen and oxygen atoms in total. The number of carbonyl (C=O) groups excluding carboxylic acids is 3. The smallest absolute Gasteiger partial charge is 0.549 e. The maximum Gasteiger partial charge on any atom is 3.00 e. The summed E-state index contributed by atoms with van der Waals surface area (Å²) < 4.78 is 0.